The maximum absolute atomic E-state index is 12.0. The number of hydrogen-bond donors (Lipinski definition) is 3. The average molecular weight is 818 g/mol. The van der Waals surface area contributed by atoms with Crippen molar-refractivity contribution in [2.75, 3.05) is 0 Å². The summed E-state index contributed by atoms with van der Waals surface area (Å²) in [6.45, 7) is 21.9. The Balaban J connectivity index is 0.000000624. The van der Waals surface area contributed by atoms with Gasteiger partial charge in [-0.05, 0) is 91.9 Å². The van der Waals surface area contributed by atoms with Crippen molar-refractivity contribution in [3.63, 3.8) is 0 Å². The first-order valence-corrected chi connectivity index (χ1v) is 20.8. The van der Waals surface area contributed by atoms with E-state index in [-0.39, 0.29) is 11.8 Å². The molecule has 0 aromatic carbocycles. The lowest BCUT2D eigenvalue weighted by atomic mass is 10.1. The van der Waals surface area contributed by atoms with E-state index >= 15 is 0 Å². The number of halogens is 1. The molecule has 0 saturated heterocycles. The zero-order chi connectivity index (χ0) is 36.0. The number of primary sulfonamides is 1. The Morgan fingerprint density at radius 1 is 0.711 bits per heavy atom. The highest BCUT2D eigenvalue weighted by Gasteiger charge is 2.57. The van der Waals surface area contributed by atoms with Gasteiger partial charge in [-0.2, -0.15) is 0 Å². The van der Waals surface area contributed by atoms with Gasteiger partial charge in [0, 0.05) is 3.92 Å². The lowest BCUT2D eigenvalue weighted by Gasteiger charge is -2.23. The van der Waals surface area contributed by atoms with Crippen LogP contribution in [0, 0.1) is 11.8 Å². The number of amides is 2. The third kappa shape index (κ3) is 15.7. The van der Waals surface area contributed by atoms with Gasteiger partial charge < -0.3 is 9.47 Å². The molecule has 0 unspecified atom stereocenters. The summed E-state index contributed by atoms with van der Waals surface area (Å²) in [5.74, 6) is 0.143. The molecule has 0 spiro atoms. The Bertz CT molecular complexity index is 1320. The van der Waals surface area contributed by atoms with Gasteiger partial charge in [0.15, 0.2) is 0 Å². The minimum atomic E-state index is -3.64. The van der Waals surface area contributed by atoms with E-state index in [4.69, 9.17) is 14.6 Å². The summed E-state index contributed by atoms with van der Waals surface area (Å²) in [5, 5.41) is 4.64. The molecule has 3 fully saturated rings. The Kier molecular flexibility index (Phi) is 15.7. The molecule has 2 amide bonds. The van der Waals surface area contributed by atoms with Crippen molar-refractivity contribution in [1.82, 2.24) is 9.44 Å². The molecule has 4 N–H and O–H groups in total. The van der Waals surface area contributed by atoms with E-state index in [1.165, 1.54) is 0 Å². The highest BCUT2D eigenvalue weighted by atomic mass is 127. The van der Waals surface area contributed by atoms with Crippen molar-refractivity contribution in [1.29, 1.82) is 0 Å². The fourth-order valence-corrected chi connectivity index (χ4v) is 8.23. The van der Waals surface area contributed by atoms with Crippen LogP contribution in [0.2, 0.25) is 0 Å². The van der Waals surface area contributed by atoms with E-state index in [9.17, 15) is 34.8 Å². The van der Waals surface area contributed by atoms with Crippen LogP contribution in [0.15, 0.2) is 0 Å². The molecule has 3 saturated carbocycles. The third-order valence-electron chi connectivity index (χ3n) is 6.90. The van der Waals surface area contributed by atoms with Crippen LogP contribution in [-0.4, -0.2) is 67.3 Å². The molecule has 0 radical (unpaired) electrons. The van der Waals surface area contributed by atoms with Crippen LogP contribution >= 0.6 is 22.6 Å². The predicted molar refractivity (Wildman–Crippen MR) is 185 cm³/mol. The second kappa shape index (κ2) is 16.0. The highest BCUT2D eigenvalue weighted by Crippen LogP contribution is 2.49. The largest absolute Gasteiger partial charge is 0.443 e. The molecule has 0 aromatic rings. The number of hydrogen-bond acceptors (Lipinski definition) is 10. The first kappa shape index (κ1) is 44.1. The van der Waals surface area contributed by atoms with E-state index in [1.54, 1.807) is 41.5 Å². The minimum Gasteiger partial charge on any atom is -0.443 e. The summed E-state index contributed by atoms with van der Waals surface area (Å²) in [4.78, 5) is 22.6. The molecule has 0 heterocycles. The first-order chi connectivity index (χ1) is 19.8. The van der Waals surface area contributed by atoms with Gasteiger partial charge in [-0.15, -0.1) is 0 Å². The number of ether oxygens (including phenoxy) is 2. The fraction of sp³-hybridized carbons (Fsp3) is 0.929. The highest BCUT2D eigenvalue weighted by molar-refractivity contribution is 14.1. The monoisotopic (exact) mass is 817 g/mol. The summed E-state index contributed by atoms with van der Waals surface area (Å²) in [6.07, 6.45) is 2.13. The van der Waals surface area contributed by atoms with Gasteiger partial charge >= 0.3 is 12.2 Å². The minimum absolute atomic E-state index is 0.0116. The molecule has 3 rings (SSSR count). The van der Waals surface area contributed by atoms with Crippen molar-refractivity contribution in [3.05, 3.63) is 0 Å². The molecule has 3 aliphatic rings. The topological polar surface area (TPSA) is 205 Å². The van der Waals surface area contributed by atoms with Gasteiger partial charge in [-0.25, -0.2) is 49.4 Å². The zero-order valence-corrected chi connectivity index (χ0v) is 33.4. The summed E-state index contributed by atoms with van der Waals surface area (Å²) in [5.41, 5.74) is -1.38. The van der Waals surface area contributed by atoms with Gasteiger partial charge in [0.2, 0.25) is 30.1 Å². The Morgan fingerprint density at radius 2 is 1.02 bits per heavy atom. The van der Waals surface area contributed by atoms with Crippen LogP contribution in [0.5, 0.6) is 0 Å². The number of sulfonamides is 3. The number of nitrogens with one attached hydrogen (secondary N) is 2. The van der Waals surface area contributed by atoms with E-state index in [0.717, 1.165) is 16.8 Å². The van der Waals surface area contributed by atoms with Gasteiger partial charge in [0.05, 0.1) is 14.7 Å². The van der Waals surface area contributed by atoms with Gasteiger partial charge in [0.25, 0.3) is 0 Å². The normalized spacial score (nSPS) is 18.6. The van der Waals surface area contributed by atoms with Crippen LogP contribution in [0.1, 0.15) is 122 Å². The SMILES string of the molecule is CC(C)(C)OC(=O)NS(=O)(=O)C1CC1.CC(C)C1(S(=O)(=O)NC(=O)OC(C)(C)C)CC1.CC(C)C1(S(N)(=O)=O)CC1.CC(C)I. The summed E-state index contributed by atoms with van der Waals surface area (Å²) >= 11 is 2.34. The van der Waals surface area contributed by atoms with Crippen LogP contribution in [0.3, 0.4) is 0 Å². The quantitative estimate of drug-likeness (QED) is 0.223. The van der Waals surface area contributed by atoms with Crippen molar-refractivity contribution >= 4 is 64.8 Å². The molecule has 0 atom stereocenters. The number of rotatable bonds is 7. The molecule has 0 aliphatic heterocycles. The van der Waals surface area contributed by atoms with Crippen LogP contribution in [0.25, 0.3) is 0 Å². The summed E-state index contributed by atoms with van der Waals surface area (Å²) < 4.78 is 81.6. The Morgan fingerprint density at radius 3 is 1.22 bits per heavy atom. The second-order valence-electron chi connectivity index (χ2n) is 14.5. The molecule has 0 aromatic heterocycles. The van der Waals surface area contributed by atoms with Crippen LogP contribution in [-0.2, 0) is 39.5 Å². The van der Waals surface area contributed by atoms with E-state index in [1.807, 2.05) is 37.1 Å². The summed E-state index contributed by atoms with van der Waals surface area (Å²) in [7, 11) is -10.4. The third-order valence-corrected chi connectivity index (χ3v) is 13.1. The van der Waals surface area contributed by atoms with Crippen LogP contribution in [0.4, 0.5) is 9.59 Å². The number of carbonyl (C=O) groups excluding carboxylic acids is 2. The molecular weight excluding hydrogens is 761 g/mol. The van der Waals surface area contributed by atoms with Crippen LogP contribution < -0.4 is 14.6 Å². The standard InChI is InChI=1S/C11H21NO4S.C8H15NO4S.C6H13NO2S.C3H7I/c1-8(2)11(6-7-11)17(14,15)12-9(13)16-10(3,4)5;1-8(2,3)13-7(10)9-14(11,12)6-4-5-6;1-5(2)6(3-4-6)10(7,8)9;1-3(2)4/h8H,6-7H2,1-5H3,(H,12,13);6H,4-5H2,1-3H3,(H,9,10);5H,3-4H2,1-2H3,(H2,7,8,9);3H,1-2H3. The maximum atomic E-state index is 12.0. The van der Waals surface area contributed by atoms with E-state index < -0.39 is 68.2 Å². The zero-order valence-electron chi connectivity index (χ0n) is 28.8. The predicted octanol–water partition coefficient (Wildman–Crippen LogP) is 5.33. The lowest BCUT2D eigenvalue weighted by molar-refractivity contribution is 0.0557. The van der Waals surface area contributed by atoms with E-state index in [2.05, 4.69) is 36.4 Å². The Hall–Kier alpha value is -0.920. The maximum Gasteiger partial charge on any atom is 0.421 e. The van der Waals surface area contributed by atoms with Crippen molar-refractivity contribution in [2.45, 2.75) is 151 Å². The van der Waals surface area contributed by atoms with Crippen molar-refractivity contribution < 1.29 is 44.3 Å². The van der Waals surface area contributed by atoms with Crippen molar-refractivity contribution in [2.24, 2.45) is 17.0 Å². The number of nitrogens with two attached hydrogens (primary N) is 1. The smallest absolute Gasteiger partial charge is 0.421 e. The second-order valence-corrected chi connectivity index (χ2v) is 22.8. The first-order valence-electron chi connectivity index (χ1n) is 15.0. The Labute approximate surface area is 285 Å². The molecule has 13 nitrogen and oxygen atoms in total. The average Bonchev–Trinajstić information content (AvgIpc) is 3.65. The van der Waals surface area contributed by atoms with Gasteiger partial charge in [-0.3, -0.25) is 0 Å². The summed E-state index contributed by atoms with van der Waals surface area (Å²) in [6, 6.07) is 0. The van der Waals surface area contributed by atoms with E-state index in [0.29, 0.717) is 25.7 Å². The number of alkyl halides is 1. The van der Waals surface area contributed by atoms with Crippen molar-refractivity contribution in [3.8, 4) is 0 Å². The molecule has 3 aliphatic carbocycles. The molecule has 45 heavy (non-hydrogen) atoms. The molecule has 0 bridgehead atoms. The molecule has 268 valence electrons. The van der Waals surface area contributed by atoms with Gasteiger partial charge in [0.1, 0.15) is 11.2 Å². The lowest BCUT2D eigenvalue weighted by Crippen LogP contribution is -2.44. The number of carbonyl (C=O) groups is 2. The molecular formula is C28H56IN3O10S3. The van der Waals surface area contributed by atoms with Gasteiger partial charge in [-0.1, -0.05) is 64.1 Å². The molecule has 17 heteroatoms. The fourth-order valence-electron chi connectivity index (χ4n) is 3.98.